The maximum absolute atomic E-state index is 13.6. The summed E-state index contributed by atoms with van der Waals surface area (Å²) in [5.41, 5.74) is 1.31. The van der Waals surface area contributed by atoms with Gasteiger partial charge in [-0.2, -0.15) is 13.2 Å². The smallest absolute Gasteiger partial charge is 0.417 e. The normalized spacial score (nSPS) is 13.9. The van der Waals surface area contributed by atoms with E-state index in [1.54, 1.807) is 42.5 Å². The molecule has 0 atom stereocenters. The fourth-order valence-electron chi connectivity index (χ4n) is 3.61. The molecule has 0 saturated heterocycles. The zero-order chi connectivity index (χ0) is 23.2. The minimum Gasteiger partial charge on any atom is -0.465 e. The van der Waals surface area contributed by atoms with Gasteiger partial charge in [-0.1, -0.05) is 30.3 Å². The average molecular weight is 448 g/mol. The van der Waals surface area contributed by atoms with Gasteiger partial charge in [-0.25, -0.2) is 19.8 Å². The summed E-state index contributed by atoms with van der Waals surface area (Å²) < 4.78 is 45.5. The molecule has 2 heterocycles. The monoisotopic (exact) mass is 448 g/mol. The number of halogens is 3. The third-order valence-electron chi connectivity index (χ3n) is 5.22. The minimum atomic E-state index is -4.56. The first-order valence-electron chi connectivity index (χ1n) is 9.87. The van der Waals surface area contributed by atoms with Crippen molar-refractivity contribution in [2.75, 3.05) is 12.4 Å². The standard InChI is InChI=1S/C24H15F3N4O2/c1-33-23(32)13-10-11-19-16(12-13)22(29-19)31-21-15-7-3-5-9-18(15)28-20(30-21)14-6-2-4-8-17(14)24(25,26)27/h2-12H,1H3,(H,28,29,30,31). The highest BCUT2D eigenvalue weighted by atomic mass is 19.4. The van der Waals surface area contributed by atoms with Crippen LogP contribution in [0.5, 0.6) is 0 Å². The molecule has 1 N–H and O–H groups in total. The number of hydrogen-bond donors (Lipinski definition) is 1. The molecule has 1 aliphatic heterocycles. The largest absolute Gasteiger partial charge is 0.465 e. The first kappa shape index (κ1) is 20.6. The van der Waals surface area contributed by atoms with E-state index in [4.69, 9.17) is 4.74 Å². The molecular formula is C24H15F3N4O2. The number of ether oxygens (including phenoxy) is 1. The van der Waals surface area contributed by atoms with Gasteiger partial charge in [0.2, 0.25) is 0 Å². The van der Waals surface area contributed by atoms with Crippen LogP contribution in [-0.4, -0.2) is 28.9 Å². The summed E-state index contributed by atoms with van der Waals surface area (Å²) in [5, 5.41) is 3.65. The van der Waals surface area contributed by atoms with E-state index in [0.717, 1.165) is 11.8 Å². The minimum absolute atomic E-state index is 0.0798. The zero-order valence-corrected chi connectivity index (χ0v) is 17.1. The Kier molecular flexibility index (Phi) is 4.81. The van der Waals surface area contributed by atoms with Gasteiger partial charge in [0, 0.05) is 16.5 Å². The number of hydrogen-bond acceptors (Lipinski definition) is 5. The van der Waals surface area contributed by atoms with Crippen LogP contribution in [0.3, 0.4) is 0 Å². The highest BCUT2D eigenvalue weighted by Gasteiger charge is 2.34. The number of alkyl halides is 3. The number of methoxy groups -OCH3 is 1. The maximum atomic E-state index is 13.6. The molecule has 5 rings (SSSR count). The second kappa shape index (κ2) is 7.70. The number of carbonyl (C=O) groups excluding carboxylic acids is 1. The van der Waals surface area contributed by atoms with Gasteiger partial charge in [0.05, 0.1) is 29.4 Å². The van der Waals surface area contributed by atoms with Crippen molar-refractivity contribution in [2.45, 2.75) is 6.18 Å². The summed E-state index contributed by atoms with van der Waals surface area (Å²) in [6.45, 7) is 0. The quantitative estimate of drug-likeness (QED) is 0.413. The van der Waals surface area contributed by atoms with Gasteiger partial charge >= 0.3 is 12.1 Å². The fraction of sp³-hybridized carbons (Fsp3) is 0.0833. The number of amidine groups is 1. The van der Waals surface area contributed by atoms with Crippen LogP contribution in [0.15, 0.2) is 71.7 Å². The van der Waals surface area contributed by atoms with Crippen LogP contribution in [0.25, 0.3) is 22.3 Å². The van der Waals surface area contributed by atoms with Gasteiger partial charge in [0.25, 0.3) is 0 Å². The molecule has 0 unspecified atom stereocenters. The summed E-state index contributed by atoms with van der Waals surface area (Å²) in [4.78, 5) is 25.2. The van der Waals surface area contributed by atoms with E-state index in [-0.39, 0.29) is 17.2 Å². The molecule has 33 heavy (non-hydrogen) atoms. The molecular weight excluding hydrogens is 433 g/mol. The molecule has 1 aliphatic rings. The number of aliphatic imine (C=N–C) groups is 1. The van der Waals surface area contributed by atoms with Gasteiger partial charge in [0.1, 0.15) is 5.84 Å². The number of anilines is 1. The summed E-state index contributed by atoms with van der Waals surface area (Å²) in [6, 6.07) is 17.1. The highest BCUT2D eigenvalue weighted by Crippen LogP contribution is 2.38. The second-order valence-corrected chi connectivity index (χ2v) is 7.27. The zero-order valence-electron chi connectivity index (χ0n) is 17.1. The molecule has 164 valence electrons. The fourth-order valence-corrected chi connectivity index (χ4v) is 3.61. The van der Waals surface area contributed by atoms with Gasteiger partial charge in [-0.3, -0.25) is 0 Å². The van der Waals surface area contributed by atoms with Crippen LogP contribution in [0.2, 0.25) is 0 Å². The van der Waals surface area contributed by atoms with Gasteiger partial charge in [-0.15, -0.1) is 0 Å². The van der Waals surface area contributed by atoms with Crippen LogP contribution in [0.1, 0.15) is 21.5 Å². The van der Waals surface area contributed by atoms with E-state index >= 15 is 0 Å². The Bertz CT molecular complexity index is 1450. The number of fused-ring (bicyclic) bond motifs is 2. The number of nitrogens with zero attached hydrogens (tertiary/aromatic N) is 3. The van der Waals surface area contributed by atoms with E-state index in [1.807, 2.05) is 0 Å². The summed E-state index contributed by atoms with van der Waals surface area (Å²) >= 11 is 0. The van der Waals surface area contributed by atoms with Crippen molar-refractivity contribution in [3.8, 4) is 11.4 Å². The van der Waals surface area contributed by atoms with Gasteiger partial charge in [-0.05, 0) is 36.4 Å². The number of para-hydroxylation sites is 1. The van der Waals surface area contributed by atoms with Crippen molar-refractivity contribution in [1.82, 2.24) is 9.97 Å². The Morgan fingerprint density at radius 2 is 1.73 bits per heavy atom. The topological polar surface area (TPSA) is 76.5 Å². The van der Waals surface area contributed by atoms with Crippen LogP contribution in [0, 0.1) is 0 Å². The Labute approximate surface area is 185 Å². The van der Waals surface area contributed by atoms with Gasteiger partial charge < -0.3 is 10.1 Å². The second-order valence-electron chi connectivity index (χ2n) is 7.27. The molecule has 0 amide bonds. The van der Waals surface area contributed by atoms with Crippen molar-refractivity contribution >= 4 is 34.2 Å². The average Bonchev–Trinajstić information content (AvgIpc) is 2.81. The number of esters is 1. The molecule has 0 spiro atoms. The van der Waals surface area contributed by atoms with Crippen LogP contribution >= 0.6 is 0 Å². The Morgan fingerprint density at radius 1 is 0.970 bits per heavy atom. The van der Waals surface area contributed by atoms with E-state index in [9.17, 15) is 18.0 Å². The molecule has 9 heteroatoms. The number of rotatable bonds is 3. The van der Waals surface area contributed by atoms with Crippen LogP contribution < -0.4 is 5.32 Å². The lowest BCUT2D eigenvalue weighted by Crippen LogP contribution is -2.26. The predicted octanol–water partition coefficient (Wildman–Crippen LogP) is 5.61. The van der Waals surface area contributed by atoms with Crippen LogP contribution in [-0.2, 0) is 10.9 Å². The van der Waals surface area contributed by atoms with Crippen molar-refractivity contribution < 1.29 is 22.7 Å². The maximum Gasteiger partial charge on any atom is 0.417 e. The molecule has 4 aromatic rings. The lowest BCUT2D eigenvalue weighted by molar-refractivity contribution is -0.137. The first-order chi connectivity index (χ1) is 15.8. The molecule has 6 nitrogen and oxygen atoms in total. The Hall–Kier alpha value is -4.27. The SMILES string of the molecule is COC(=O)c1ccc2c(c1)C(=Nc1nc(-c3ccccc3C(F)(F)F)nc3ccccc13)N2. The molecule has 0 radical (unpaired) electrons. The lowest BCUT2D eigenvalue weighted by atomic mass is 10.0. The van der Waals surface area contributed by atoms with Crippen LogP contribution in [0.4, 0.5) is 24.7 Å². The third kappa shape index (κ3) is 3.67. The summed E-state index contributed by atoms with van der Waals surface area (Å²) in [7, 11) is 1.29. The molecule has 0 bridgehead atoms. The molecule has 0 saturated carbocycles. The predicted molar refractivity (Wildman–Crippen MR) is 118 cm³/mol. The van der Waals surface area contributed by atoms with Gasteiger partial charge in [0.15, 0.2) is 11.6 Å². The molecule has 0 fully saturated rings. The Balaban J connectivity index is 1.66. The molecule has 0 aliphatic carbocycles. The number of carbonyl (C=O) groups is 1. The number of benzene rings is 3. The van der Waals surface area contributed by atoms with Crippen molar-refractivity contribution in [3.05, 3.63) is 83.4 Å². The molecule has 3 aromatic carbocycles. The summed E-state index contributed by atoms with van der Waals surface area (Å²) in [6.07, 6.45) is -4.56. The van der Waals surface area contributed by atoms with Crippen molar-refractivity contribution in [2.24, 2.45) is 4.99 Å². The highest BCUT2D eigenvalue weighted by molar-refractivity contribution is 6.23. The van der Waals surface area contributed by atoms with E-state index in [1.165, 1.54) is 25.3 Å². The van der Waals surface area contributed by atoms with E-state index in [2.05, 4.69) is 20.3 Å². The third-order valence-corrected chi connectivity index (χ3v) is 5.22. The summed E-state index contributed by atoms with van der Waals surface area (Å²) in [5.74, 6) is 0.0882. The number of nitrogens with one attached hydrogen (secondary N) is 1. The Morgan fingerprint density at radius 3 is 2.52 bits per heavy atom. The van der Waals surface area contributed by atoms with Crippen molar-refractivity contribution in [3.63, 3.8) is 0 Å². The molecule has 1 aromatic heterocycles. The first-order valence-corrected chi connectivity index (χ1v) is 9.87. The number of aromatic nitrogens is 2. The van der Waals surface area contributed by atoms with E-state index < -0.39 is 17.7 Å². The van der Waals surface area contributed by atoms with Crippen molar-refractivity contribution in [1.29, 1.82) is 0 Å². The van der Waals surface area contributed by atoms with E-state index in [0.29, 0.717) is 27.9 Å². The lowest BCUT2D eigenvalue weighted by Gasteiger charge is -2.24.